The molecule has 130 valence electrons. The van der Waals surface area contributed by atoms with Gasteiger partial charge >= 0.3 is 0 Å². The summed E-state index contributed by atoms with van der Waals surface area (Å²) in [6.45, 7) is 3.70. The topological polar surface area (TPSA) is 101 Å². The lowest BCUT2D eigenvalue weighted by Crippen LogP contribution is -2.28. The second-order valence-corrected chi connectivity index (χ2v) is 7.34. The lowest BCUT2D eigenvalue weighted by atomic mass is 9.93. The zero-order valence-corrected chi connectivity index (χ0v) is 14.8. The minimum atomic E-state index is -3.78. The molecule has 1 heterocycles. The van der Waals surface area contributed by atoms with E-state index in [9.17, 15) is 13.2 Å². The molecule has 0 bridgehead atoms. The summed E-state index contributed by atoms with van der Waals surface area (Å²) < 4.78 is 23.0. The van der Waals surface area contributed by atoms with Crippen LogP contribution in [0.1, 0.15) is 31.2 Å². The molecule has 1 aromatic carbocycles. The predicted octanol–water partition coefficient (Wildman–Crippen LogP) is 1.78. The smallest absolute Gasteiger partial charge is 0.238 e. The van der Waals surface area contributed by atoms with Gasteiger partial charge in [0.25, 0.3) is 0 Å². The molecule has 0 radical (unpaired) electrons. The molecule has 2 rings (SSSR count). The lowest BCUT2D eigenvalue weighted by molar-refractivity contribution is -0.116. The van der Waals surface area contributed by atoms with Crippen LogP contribution >= 0.6 is 12.4 Å². The zero-order valence-electron chi connectivity index (χ0n) is 13.2. The third kappa shape index (κ3) is 6.10. The summed E-state index contributed by atoms with van der Waals surface area (Å²) in [6.07, 6.45) is 3.52. The third-order valence-corrected chi connectivity index (χ3v) is 5.07. The lowest BCUT2D eigenvalue weighted by Gasteiger charge is -2.22. The van der Waals surface area contributed by atoms with Crippen LogP contribution in [-0.2, 0) is 14.8 Å². The van der Waals surface area contributed by atoms with E-state index in [0.29, 0.717) is 23.6 Å². The Labute approximate surface area is 143 Å². The first-order valence-electron chi connectivity index (χ1n) is 7.50. The monoisotopic (exact) mass is 361 g/mol. The number of anilines is 1. The van der Waals surface area contributed by atoms with Crippen molar-refractivity contribution in [2.75, 3.05) is 18.4 Å². The van der Waals surface area contributed by atoms with Gasteiger partial charge in [-0.15, -0.1) is 12.4 Å². The van der Waals surface area contributed by atoms with Crippen molar-refractivity contribution >= 4 is 34.0 Å². The van der Waals surface area contributed by atoms with Gasteiger partial charge in [0.15, 0.2) is 0 Å². The van der Waals surface area contributed by atoms with Crippen LogP contribution in [-0.4, -0.2) is 27.4 Å². The largest absolute Gasteiger partial charge is 0.326 e. The maximum Gasteiger partial charge on any atom is 0.238 e. The van der Waals surface area contributed by atoms with Gasteiger partial charge < -0.3 is 10.6 Å². The molecule has 23 heavy (non-hydrogen) atoms. The van der Waals surface area contributed by atoms with Crippen molar-refractivity contribution < 1.29 is 13.2 Å². The van der Waals surface area contributed by atoms with E-state index in [2.05, 4.69) is 10.6 Å². The number of amides is 1. The molecule has 1 aliphatic heterocycles. The molecule has 8 heteroatoms. The fraction of sp³-hybridized carbons (Fsp3) is 0.533. The van der Waals surface area contributed by atoms with Crippen LogP contribution in [0.2, 0.25) is 0 Å². The SMILES string of the molecule is Cc1ccc(NC(=O)CCC2CCNCC2)cc1S(N)(=O)=O.Cl. The Morgan fingerprint density at radius 1 is 1.35 bits per heavy atom. The molecule has 1 aromatic rings. The van der Waals surface area contributed by atoms with E-state index in [0.717, 1.165) is 32.4 Å². The number of sulfonamides is 1. The number of aryl methyl sites for hydroxylation is 1. The molecule has 0 atom stereocenters. The minimum absolute atomic E-state index is 0. The average molecular weight is 362 g/mol. The Bertz CT molecular complexity index is 643. The fourth-order valence-corrected chi connectivity index (χ4v) is 3.52. The van der Waals surface area contributed by atoms with Gasteiger partial charge in [-0.2, -0.15) is 0 Å². The highest BCUT2D eigenvalue weighted by molar-refractivity contribution is 7.89. The quantitative estimate of drug-likeness (QED) is 0.744. The molecule has 0 aliphatic carbocycles. The van der Waals surface area contributed by atoms with Gasteiger partial charge in [0, 0.05) is 12.1 Å². The molecule has 6 nitrogen and oxygen atoms in total. The number of rotatable bonds is 5. The number of hydrogen-bond acceptors (Lipinski definition) is 4. The highest BCUT2D eigenvalue weighted by Gasteiger charge is 2.16. The molecule has 0 unspecified atom stereocenters. The number of primary sulfonamides is 1. The highest BCUT2D eigenvalue weighted by Crippen LogP contribution is 2.21. The summed E-state index contributed by atoms with van der Waals surface area (Å²) in [4.78, 5) is 12.0. The maximum absolute atomic E-state index is 12.0. The van der Waals surface area contributed by atoms with Gasteiger partial charge in [-0.1, -0.05) is 6.07 Å². The summed E-state index contributed by atoms with van der Waals surface area (Å²) in [5.41, 5.74) is 1.03. The number of nitrogens with one attached hydrogen (secondary N) is 2. The van der Waals surface area contributed by atoms with E-state index < -0.39 is 10.0 Å². The van der Waals surface area contributed by atoms with Crippen molar-refractivity contribution in [3.8, 4) is 0 Å². The Balaban J connectivity index is 0.00000264. The first kappa shape index (κ1) is 19.9. The van der Waals surface area contributed by atoms with Crippen LogP contribution in [0.25, 0.3) is 0 Å². The Morgan fingerprint density at radius 3 is 2.61 bits per heavy atom. The number of nitrogens with two attached hydrogens (primary N) is 1. The first-order valence-corrected chi connectivity index (χ1v) is 9.05. The molecule has 1 saturated heterocycles. The Morgan fingerprint density at radius 2 is 2.00 bits per heavy atom. The van der Waals surface area contributed by atoms with E-state index in [4.69, 9.17) is 5.14 Å². The molecule has 0 aromatic heterocycles. The summed E-state index contributed by atoms with van der Waals surface area (Å²) in [6, 6.07) is 4.74. The Kier molecular flexibility index (Phi) is 7.47. The molecule has 1 amide bonds. The van der Waals surface area contributed by atoms with Crippen molar-refractivity contribution in [2.45, 2.75) is 37.5 Å². The summed E-state index contributed by atoms with van der Waals surface area (Å²) in [5, 5.41) is 11.2. The molecule has 1 fully saturated rings. The van der Waals surface area contributed by atoms with Gasteiger partial charge in [-0.05, 0) is 62.9 Å². The van der Waals surface area contributed by atoms with Crippen LogP contribution in [0.5, 0.6) is 0 Å². The molecule has 0 spiro atoms. The van der Waals surface area contributed by atoms with Crippen molar-refractivity contribution in [3.63, 3.8) is 0 Å². The Hall–Kier alpha value is -1.15. The van der Waals surface area contributed by atoms with Crippen LogP contribution < -0.4 is 15.8 Å². The van der Waals surface area contributed by atoms with E-state index in [-0.39, 0.29) is 23.2 Å². The molecular formula is C15H24ClN3O3S. The minimum Gasteiger partial charge on any atom is -0.326 e. The van der Waals surface area contributed by atoms with Gasteiger partial charge in [0.1, 0.15) is 0 Å². The van der Waals surface area contributed by atoms with Gasteiger partial charge in [-0.3, -0.25) is 4.79 Å². The molecule has 4 N–H and O–H groups in total. The van der Waals surface area contributed by atoms with E-state index in [1.165, 1.54) is 6.07 Å². The summed E-state index contributed by atoms with van der Waals surface area (Å²) >= 11 is 0. The van der Waals surface area contributed by atoms with Gasteiger partial charge in [0.2, 0.25) is 15.9 Å². The zero-order chi connectivity index (χ0) is 16.2. The van der Waals surface area contributed by atoms with Crippen LogP contribution in [0.4, 0.5) is 5.69 Å². The average Bonchev–Trinajstić information content (AvgIpc) is 2.47. The fourth-order valence-electron chi connectivity index (χ4n) is 2.71. The normalized spacial score (nSPS) is 15.7. The van der Waals surface area contributed by atoms with E-state index >= 15 is 0 Å². The second-order valence-electron chi connectivity index (χ2n) is 5.81. The van der Waals surface area contributed by atoms with Gasteiger partial charge in [0.05, 0.1) is 4.90 Å². The standard InChI is InChI=1S/C15H23N3O3S.ClH/c1-11-2-4-13(10-14(11)22(16,20)21)18-15(19)5-3-12-6-8-17-9-7-12;/h2,4,10,12,17H,3,5-9H2,1H3,(H,18,19)(H2,16,20,21);1H. The van der Waals surface area contributed by atoms with E-state index in [1.807, 2.05) is 0 Å². The van der Waals surface area contributed by atoms with Gasteiger partial charge in [-0.25, -0.2) is 13.6 Å². The molecular weight excluding hydrogens is 338 g/mol. The number of hydrogen-bond donors (Lipinski definition) is 3. The summed E-state index contributed by atoms with van der Waals surface area (Å²) in [7, 11) is -3.78. The second kappa shape index (κ2) is 8.63. The van der Waals surface area contributed by atoms with Crippen molar-refractivity contribution in [1.29, 1.82) is 0 Å². The van der Waals surface area contributed by atoms with Crippen molar-refractivity contribution in [1.82, 2.24) is 5.32 Å². The summed E-state index contributed by atoms with van der Waals surface area (Å²) in [5.74, 6) is 0.493. The van der Waals surface area contributed by atoms with E-state index in [1.54, 1.807) is 19.1 Å². The van der Waals surface area contributed by atoms with Crippen LogP contribution in [0, 0.1) is 12.8 Å². The molecule has 1 aliphatic rings. The first-order chi connectivity index (χ1) is 10.4. The van der Waals surface area contributed by atoms with Crippen LogP contribution in [0.15, 0.2) is 23.1 Å². The van der Waals surface area contributed by atoms with Crippen molar-refractivity contribution in [2.24, 2.45) is 11.1 Å². The number of carbonyl (C=O) groups excluding carboxylic acids is 1. The number of carbonyl (C=O) groups is 1. The number of halogens is 1. The predicted molar refractivity (Wildman–Crippen MR) is 93.3 cm³/mol. The third-order valence-electron chi connectivity index (χ3n) is 4.02. The van der Waals surface area contributed by atoms with Crippen molar-refractivity contribution in [3.05, 3.63) is 23.8 Å². The molecule has 0 saturated carbocycles. The number of piperidine rings is 1. The number of benzene rings is 1. The van der Waals surface area contributed by atoms with Crippen LogP contribution in [0.3, 0.4) is 0 Å². The highest BCUT2D eigenvalue weighted by atomic mass is 35.5. The maximum atomic E-state index is 12.0.